The summed E-state index contributed by atoms with van der Waals surface area (Å²) in [6.45, 7) is 1.84. The first-order chi connectivity index (χ1) is 7.74. The van der Waals surface area contributed by atoms with Crippen molar-refractivity contribution in [3.63, 3.8) is 0 Å². The monoisotopic (exact) mass is 281 g/mol. The lowest BCUT2D eigenvalue weighted by atomic mass is 10.1. The predicted octanol–water partition coefficient (Wildman–Crippen LogP) is 3.16. The number of benzene rings is 1. The summed E-state index contributed by atoms with van der Waals surface area (Å²) in [5, 5.41) is 9.01. The van der Waals surface area contributed by atoms with Crippen LogP contribution in [0.3, 0.4) is 0 Å². The Balaban J connectivity index is 2.50. The van der Waals surface area contributed by atoms with E-state index in [-0.39, 0.29) is 6.61 Å². The molecule has 0 aliphatic carbocycles. The van der Waals surface area contributed by atoms with Crippen LogP contribution in [0.2, 0.25) is 0 Å². The molecule has 1 aromatic heterocycles. The van der Waals surface area contributed by atoms with Gasteiger partial charge >= 0.3 is 0 Å². The van der Waals surface area contributed by atoms with Crippen LogP contribution >= 0.6 is 15.9 Å². The number of aromatic nitrogens is 1. The maximum atomic E-state index is 9.01. The molecule has 0 spiro atoms. The van der Waals surface area contributed by atoms with Crippen LogP contribution in [0.25, 0.3) is 11.3 Å². The highest BCUT2D eigenvalue weighted by molar-refractivity contribution is 9.10. The van der Waals surface area contributed by atoms with Crippen LogP contribution in [0.5, 0.6) is 0 Å². The fourth-order valence-electron chi connectivity index (χ4n) is 1.57. The summed E-state index contributed by atoms with van der Waals surface area (Å²) in [7, 11) is 0. The lowest BCUT2D eigenvalue weighted by molar-refractivity contribution is 0.237. The number of aliphatic hydroxyl groups is 1. The molecule has 1 N–H and O–H groups in total. The largest absolute Gasteiger partial charge is 0.443 e. The third-order valence-corrected chi connectivity index (χ3v) is 2.79. The molecule has 16 heavy (non-hydrogen) atoms. The van der Waals surface area contributed by atoms with E-state index in [0.29, 0.717) is 5.89 Å². The molecule has 0 unspecified atom stereocenters. The molecule has 0 saturated carbocycles. The Bertz CT molecular complexity index is 494. The number of hydrogen-bond donors (Lipinski definition) is 1. The van der Waals surface area contributed by atoms with E-state index in [1.54, 1.807) is 0 Å². The Morgan fingerprint density at radius 2 is 2.25 bits per heavy atom. The number of rotatable bonds is 3. The average molecular weight is 282 g/mol. The standard InChI is InChI=1S/C12H12BrNO2/c1-2-10-12(14-11(7-15)16-10)8-4-3-5-9(13)6-8/h3-6,15H,2,7H2,1H3. The fourth-order valence-corrected chi connectivity index (χ4v) is 1.97. The molecule has 0 aliphatic heterocycles. The van der Waals surface area contributed by atoms with Gasteiger partial charge in [-0.25, -0.2) is 4.98 Å². The van der Waals surface area contributed by atoms with Gasteiger partial charge in [-0.2, -0.15) is 0 Å². The lowest BCUT2D eigenvalue weighted by Gasteiger charge is -1.99. The van der Waals surface area contributed by atoms with E-state index in [1.165, 1.54) is 0 Å². The molecule has 1 aromatic carbocycles. The third-order valence-electron chi connectivity index (χ3n) is 2.30. The Kier molecular flexibility index (Phi) is 3.41. The highest BCUT2D eigenvalue weighted by Gasteiger charge is 2.12. The zero-order valence-electron chi connectivity index (χ0n) is 8.90. The van der Waals surface area contributed by atoms with E-state index in [4.69, 9.17) is 9.52 Å². The van der Waals surface area contributed by atoms with Crippen molar-refractivity contribution in [2.45, 2.75) is 20.0 Å². The molecular weight excluding hydrogens is 270 g/mol. The number of halogens is 1. The van der Waals surface area contributed by atoms with Crippen LogP contribution in [-0.4, -0.2) is 10.1 Å². The van der Waals surface area contributed by atoms with Crippen LogP contribution in [0.15, 0.2) is 33.2 Å². The maximum absolute atomic E-state index is 9.01. The molecule has 4 heteroatoms. The van der Waals surface area contributed by atoms with E-state index >= 15 is 0 Å². The molecule has 0 fully saturated rings. The summed E-state index contributed by atoms with van der Waals surface area (Å²) in [5.74, 6) is 1.17. The fraction of sp³-hybridized carbons (Fsp3) is 0.250. The summed E-state index contributed by atoms with van der Waals surface area (Å²) < 4.78 is 6.43. The van der Waals surface area contributed by atoms with Gasteiger partial charge in [0, 0.05) is 16.5 Å². The van der Waals surface area contributed by atoms with Gasteiger partial charge in [0.05, 0.1) is 0 Å². The van der Waals surface area contributed by atoms with Crippen LogP contribution in [0.1, 0.15) is 18.6 Å². The van der Waals surface area contributed by atoms with Gasteiger partial charge < -0.3 is 9.52 Å². The van der Waals surface area contributed by atoms with Crippen LogP contribution in [0, 0.1) is 0 Å². The first-order valence-corrected chi connectivity index (χ1v) is 5.89. The molecule has 3 nitrogen and oxygen atoms in total. The van der Waals surface area contributed by atoms with Crippen LogP contribution < -0.4 is 0 Å². The maximum Gasteiger partial charge on any atom is 0.220 e. The van der Waals surface area contributed by atoms with Crippen molar-refractivity contribution in [2.24, 2.45) is 0 Å². The summed E-state index contributed by atoms with van der Waals surface area (Å²) in [4.78, 5) is 4.27. The van der Waals surface area contributed by atoms with Crippen molar-refractivity contribution in [3.8, 4) is 11.3 Å². The van der Waals surface area contributed by atoms with E-state index in [9.17, 15) is 0 Å². The van der Waals surface area contributed by atoms with E-state index < -0.39 is 0 Å². The molecule has 0 amide bonds. The highest BCUT2D eigenvalue weighted by atomic mass is 79.9. The summed E-state index contributed by atoms with van der Waals surface area (Å²) in [5.41, 5.74) is 1.81. The summed E-state index contributed by atoms with van der Waals surface area (Å²) in [6, 6.07) is 7.87. The van der Waals surface area contributed by atoms with Gasteiger partial charge in [-0.05, 0) is 12.1 Å². The summed E-state index contributed by atoms with van der Waals surface area (Å²) >= 11 is 3.42. The molecular formula is C12H12BrNO2. The first-order valence-electron chi connectivity index (χ1n) is 5.10. The van der Waals surface area contributed by atoms with Gasteiger partial charge in [0.2, 0.25) is 5.89 Å². The Morgan fingerprint density at radius 3 is 2.88 bits per heavy atom. The summed E-state index contributed by atoms with van der Waals surface area (Å²) in [6.07, 6.45) is 0.759. The minimum atomic E-state index is -0.166. The van der Waals surface area contributed by atoms with Crippen molar-refractivity contribution >= 4 is 15.9 Å². The number of hydrogen-bond acceptors (Lipinski definition) is 3. The van der Waals surface area contributed by atoms with Gasteiger partial charge in [0.25, 0.3) is 0 Å². The van der Waals surface area contributed by atoms with Crippen molar-refractivity contribution < 1.29 is 9.52 Å². The number of aliphatic hydroxyl groups excluding tert-OH is 1. The van der Waals surface area contributed by atoms with Crippen molar-refractivity contribution in [3.05, 3.63) is 40.4 Å². The molecule has 0 saturated heterocycles. The Labute approximate surface area is 102 Å². The Morgan fingerprint density at radius 1 is 1.44 bits per heavy atom. The molecule has 1 heterocycles. The predicted molar refractivity (Wildman–Crippen MR) is 64.9 cm³/mol. The zero-order chi connectivity index (χ0) is 11.5. The minimum absolute atomic E-state index is 0.166. The van der Waals surface area contributed by atoms with Crippen LogP contribution in [-0.2, 0) is 13.0 Å². The van der Waals surface area contributed by atoms with Gasteiger partial charge in [-0.3, -0.25) is 0 Å². The smallest absolute Gasteiger partial charge is 0.220 e. The van der Waals surface area contributed by atoms with Gasteiger partial charge in [-0.15, -0.1) is 0 Å². The van der Waals surface area contributed by atoms with Crippen LogP contribution in [0.4, 0.5) is 0 Å². The lowest BCUT2D eigenvalue weighted by Crippen LogP contribution is -1.85. The number of nitrogens with zero attached hydrogens (tertiary/aromatic N) is 1. The molecule has 2 aromatic rings. The second-order valence-corrected chi connectivity index (χ2v) is 4.32. The Hall–Kier alpha value is -1.13. The van der Waals surface area contributed by atoms with Gasteiger partial charge in [0.1, 0.15) is 18.1 Å². The molecule has 0 aliphatic rings. The minimum Gasteiger partial charge on any atom is -0.443 e. The van der Waals surface area contributed by atoms with Gasteiger partial charge in [0.15, 0.2) is 0 Å². The third kappa shape index (κ3) is 2.18. The average Bonchev–Trinajstić information content (AvgIpc) is 2.72. The van der Waals surface area contributed by atoms with E-state index in [1.807, 2.05) is 31.2 Å². The molecule has 0 radical (unpaired) electrons. The molecule has 84 valence electrons. The second kappa shape index (κ2) is 4.80. The van der Waals surface area contributed by atoms with E-state index in [0.717, 1.165) is 27.9 Å². The SMILES string of the molecule is CCc1oc(CO)nc1-c1cccc(Br)c1. The van der Waals surface area contributed by atoms with Crippen molar-refractivity contribution in [2.75, 3.05) is 0 Å². The number of aryl methyl sites for hydroxylation is 1. The zero-order valence-corrected chi connectivity index (χ0v) is 10.5. The quantitative estimate of drug-likeness (QED) is 0.940. The van der Waals surface area contributed by atoms with Gasteiger partial charge in [-0.1, -0.05) is 35.0 Å². The molecule has 2 rings (SSSR count). The molecule has 0 atom stereocenters. The highest BCUT2D eigenvalue weighted by Crippen LogP contribution is 2.26. The van der Waals surface area contributed by atoms with E-state index in [2.05, 4.69) is 20.9 Å². The topological polar surface area (TPSA) is 46.3 Å². The van der Waals surface area contributed by atoms with Crippen molar-refractivity contribution in [1.82, 2.24) is 4.98 Å². The first kappa shape index (κ1) is 11.4. The second-order valence-electron chi connectivity index (χ2n) is 3.40. The molecule has 0 bridgehead atoms. The normalized spacial score (nSPS) is 10.7. The number of oxazole rings is 1. The van der Waals surface area contributed by atoms with Crippen molar-refractivity contribution in [1.29, 1.82) is 0 Å².